The molecule has 0 fully saturated rings. The molecule has 2 nitrogen and oxygen atoms in total. The summed E-state index contributed by atoms with van der Waals surface area (Å²) in [7, 11) is 0. The van der Waals surface area contributed by atoms with E-state index in [0.717, 1.165) is 13.0 Å². The van der Waals surface area contributed by atoms with Crippen LogP contribution in [0.15, 0.2) is 0 Å². The molecule has 2 heteroatoms. The maximum Gasteiger partial charge on any atom is 0.0746 e. The summed E-state index contributed by atoms with van der Waals surface area (Å²) in [6.45, 7) is 14.4. The van der Waals surface area contributed by atoms with Crippen molar-refractivity contribution in [3.8, 4) is 0 Å². The second kappa shape index (κ2) is 5.13. The van der Waals surface area contributed by atoms with Crippen molar-refractivity contribution >= 4 is 0 Å². The van der Waals surface area contributed by atoms with Crippen molar-refractivity contribution in [3.63, 3.8) is 0 Å². The highest BCUT2D eigenvalue weighted by Gasteiger charge is 2.22. The van der Waals surface area contributed by atoms with Gasteiger partial charge in [0.05, 0.1) is 5.60 Å². The van der Waals surface area contributed by atoms with Crippen LogP contribution in [0, 0.1) is 11.3 Å². The first-order chi connectivity index (χ1) is 6.12. The van der Waals surface area contributed by atoms with Gasteiger partial charge in [-0.05, 0) is 24.7 Å². The van der Waals surface area contributed by atoms with Crippen molar-refractivity contribution in [1.82, 2.24) is 5.32 Å². The van der Waals surface area contributed by atoms with E-state index in [1.165, 1.54) is 0 Å². The van der Waals surface area contributed by atoms with E-state index in [9.17, 15) is 5.11 Å². The van der Waals surface area contributed by atoms with Crippen molar-refractivity contribution in [2.75, 3.05) is 13.1 Å². The van der Waals surface area contributed by atoms with Gasteiger partial charge in [0, 0.05) is 13.1 Å². The minimum Gasteiger partial charge on any atom is -0.389 e. The molecule has 0 radical (unpaired) electrons. The highest BCUT2D eigenvalue weighted by atomic mass is 16.3. The third kappa shape index (κ3) is 8.52. The first-order valence-electron chi connectivity index (χ1n) is 5.55. The molecule has 0 spiro atoms. The van der Waals surface area contributed by atoms with Gasteiger partial charge >= 0.3 is 0 Å². The molecule has 0 aliphatic carbocycles. The van der Waals surface area contributed by atoms with Gasteiger partial charge in [-0.1, -0.05) is 34.6 Å². The van der Waals surface area contributed by atoms with Crippen LogP contribution in [0.25, 0.3) is 0 Å². The average molecular weight is 201 g/mol. The fourth-order valence-electron chi connectivity index (χ4n) is 1.66. The van der Waals surface area contributed by atoms with E-state index < -0.39 is 5.60 Å². The quantitative estimate of drug-likeness (QED) is 0.716. The summed E-state index contributed by atoms with van der Waals surface area (Å²) in [6.07, 6.45) is 0.851. The highest BCUT2D eigenvalue weighted by Crippen LogP contribution is 2.16. The predicted octanol–water partition coefficient (Wildman–Crippen LogP) is 2.42. The molecule has 0 amide bonds. The molecule has 1 atom stereocenters. The number of rotatable bonds is 5. The smallest absolute Gasteiger partial charge is 0.0746 e. The summed E-state index contributed by atoms with van der Waals surface area (Å²) in [6, 6.07) is 0. The van der Waals surface area contributed by atoms with Crippen LogP contribution in [0.3, 0.4) is 0 Å². The zero-order valence-corrected chi connectivity index (χ0v) is 10.6. The molecule has 0 aliphatic heterocycles. The van der Waals surface area contributed by atoms with Gasteiger partial charge in [0.2, 0.25) is 0 Å². The summed E-state index contributed by atoms with van der Waals surface area (Å²) >= 11 is 0. The molecule has 0 aromatic rings. The van der Waals surface area contributed by atoms with E-state index in [2.05, 4.69) is 39.9 Å². The second-order valence-electron chi connectivity index (χ2n) is 6.26. The molecular weight excluding hydrogens is 174 g/mol. The fraction of sp³-hybridized carbons (Fsp3) is 1.00. The van der Waals surface area contributed by atoms with Crippen molar-refractivity contribution < 1.29 is 5.11 Å². The summed E-state index contributed by atoms with van der Waals surface area (Å²) in [5.74, 6) is 0.543. The Balaban J connectivity index is 3.76. The van der Waals surface area contributed by atoms with Crippen molar-refractivity contribution in [2.45, 2.75) is 53.6 Å². The molecule has 86 valence electrons. The van der Waals surface area contributed by atoms with Gasteiger partial charge in [0.1, 0.15) is 0 Å². The molecule has 1 unspecified atom stereocenters. The lowest BCUT2D eigenvalue weighted by Crippen LogP contribution is -2.41. The summed E-state index contributed by atoms with van der Waals surface area (Å²) in [4.78, 5) is 0. The lowest BCUT2D eigenvalue weighted by atomic mass is 9.93. The second-order valence-corrected chi connectivity index (χ2v) is 6.26. The third-order valence-corrected chi connectivity index (χ3v) is 2.01. The molecular formula is C12H27NO. The number of nitrogens with one attached hydrogen (secondary N) is 1. The van der Waals surface area contributed by atoms with Gasteiger partial charge in [-0.3, -0.25) is 0 Å². The molecule has 0 bridgehead atoms. The van der Waals surface area contributed by atoms with E-state index in [1.807, 2.05) is 6.92 Å². The average Bonchev–Trinajstić information content (AvgIpc) is 1.78. The molecule has 0 saturated carbocycles. The van der Waals surface area contributed by atoms with Gasteiger partial charge in [0.15, 0.2) is 0 Å². The zero-order valence-electron chi connectivity index (χ0n) is 10.6. The van der Waals surface area contributed by atoms with Crippen LogP contribution >= 0.6 is 0 Å². The van der Waals surface area contributed by atoms with Crippen LogP contribution in [0.1, 0.15) is 48.0 Å². The van der Waals surface area contributed by atoms with Gasteiger partial charge in [0.25, 0.3) is 0 Å². The Kier molecular flexibility index (Phi) is 5.10. The first kappa shape index (κ1) is 13.9. The highest BCUT2D eigenvalue weighted by molar-refractivity contribution is 4.78. The lowest BCUT2D eigenvalue weighted by molar-refractivity contribution is 0.0369. The van der Waals surface area contributed by atoms with Crippen molar-refractivity contribution in [3.05, 3.63) is 0 Å². The predicted molar refractivity (Wildman–Crippen MR) is 62.4 cm³/mol. The Bertz CT molecular complexity index is 156. The van der Waals surface area contributed by atoms with Crippen LogP contribution in [0.4, 0.5) is 0 Å². The number of hydrogen-bond acceptors (Lipinski definition) is 2. The Morgan fingerprint density at radius 3 is 1.93 bits per heavy atom. The fourth-order valence-corrected chi connectivity index (χ4v) is 1.66. The number of hydrogen-bond donors (Lipinski definition) is 2. The van der Waals surface area contributed by atoms with E-state index in [1.54, 1.807) is 0 Å². The minimum absolute atomic E-state index is 0.286. The molecule has 0 aromatic heterocycles. The molecule has 0 aliphatic rings. The Hall–Kier alpha value is -0.0800. The van der Waals surface area contributed by atoms with Crippen LogP contribution in [0.5, 0.6) is 0 Å². The van der Waals surface area contributed by atoms with Crippen molar-refractivity contribution in [2.24, 2.45) is 11.3 Å². The molecule has 0 aromatic carbocycles. The zero-order chi connectivity index (χ0) is 11.4. The Labute approximate surface area is 89.1 Å². The van der Waals surface area contributed by atoms with Crippen LogP contribution in [-0.4, -0.2) is 23.8 Å². The van der Waals surface area contributed by atoms with Gasteiger partial charge in [-0.25, -0.2) is 0 Å². The van der Waals surface area contributed by atoms with Crippen LogP contribution in [0.2, 0.25) is 0 Å². The maximum absolute atomic E-state index is 10.0. The standard InChI is InChI=1S/C12H27NO/c1-10(2)7-12(6,14)9-13-8-11(3,4)5/h10,13-14H,7-9H2,1-6H3. The monoisotopic (exact) mass is 201 g/mol. The van der Waals surface area contributed by atoms with E-state index in [-0.39, 0.29) is 5.41 Å². The van der Waals surface area contributed by atoms with E-state index in [0.29, 0.717) is 12.5 Å². The number of aliphatic hydroxyl groups is 1. The normalized spacial score (nSPS) is 17.1. The Morgan fingerprint density at radius 2 is 1.57 bits per heavy atom. The molecule has 0 rings (SSSR count). The molecule has 0 saturated heterocycles. The SMILES string of the molecule is CC(C)CC(C)(O)CNCC(C)(C)C. The summed E-state index contributed by atoms with van der Waals surface area (Å²) in [5.41, 5.74) is -0.284. The van der Waals surface area contributed by atoms with Crippen molar-refractivity contribution in [1.29, 1.82) is 0 Å². The Morgan fingerprint density at radius 1 is 1.07 bits per heavy atom. The first-order valence-corrected chi connectivity index (χ1v) is 5.55. The van der Waals surface area contributed by atoms with Gasteiger partial charge in [-0.15, -0.1) is 0 Å². The minimum atomic E-state index is -0.570. The van der Waals surface area contributed by atoms with E-state index >= 15 is 0 Å². The lowest BCUT2D eigenvalue weighted by Gasteiger charge is -2.28. The topological polar surface area (TPSA) is 32.3 Å². The molecule has 2 N–H and O–H groups in total. The van der Waals surface area contributed by atoms with E-state index in [4.69, 9.17) is 0 Å². The molecule has 14 heavy (non-hydrogen) atoms. The molecule has 0 heterocycles. The van der Waals surface area contributed by atoms with Gasteiger partial charge in [-0.2, -0.15) is 0 Å². The summed E-state index contributed by atoms with van der Waals surface area (Å²) < 4.78 is 0. The van der Waals surface area contributed by atoms with Crippen LogP contribution < -0.4 is 5.32 Å². The van der Waals surface area contributed by atoms with Crippen LogP contribution in [-0.2, 0) is 0 Å². The summed E-state index contributed by atoms with van der Waals surface area (Å²) in [5, 5.41) is 13.3. The van der Waals surface area contributed by atoms with Gasteiger partial charge < -0.3 is 10.4 Å². The largest absolute Gasteiger partial charge is 0.389 e. The maximum atomic E-state index is 10.0. The third-order valence-electron chi connectivity index (χ3n) is 2.01.